The number of rotatable bonds is 5. The van der Waals surface area contributed by atoms with Gasteiger partial charge in [0.2, 0.25) is 10.0 Å². The molecule has 0 bridgehead atoms. The highest BCUT2D eigenvalue weighted by Gasteiger charge is 2.14. The maximum absolute atomic E-state index is 12.8. The minimum Gasteiger partial charge on any atom is -0.396 e. The van der Waals surface area contributed by atoms with Crippen molar-refractivity contribution in [1.29, 1.82) is 0 Å². The van der Waals surface area contributed by atoms with Crippen LogP contribution in [0.4, 0.5) is 10.1 Å². The van der Waals surface area contributed by atoms with Crippen LogP contribution in [0.5, 0.6) is 0 Å². The second-order valence-corrected chi connectivity index (χ2v) is 4.84. The number of nitrogens with one attached hydrogen (secondary N) is 1. The number of methoxy groups -OCH3 is 1. The SMILES string of the molecule is COCCNS(=O)(=O)c1ccc(F)c(N)c1. The predicted octanol–water partition coefficient (Wildman–Crippen LogP) is 0.333. The number of benzene rings is 1. The monoisotopic (exact) mass is 248 g/mol. The van der Waals surface area contributed by atoms with Gasteiger partial charge in [0.05, 0.1) is 17.2 Å². The highest BCUT2D eigenvalue weighted by atomic mass is 32.2. The maximum atomic E-state index is 12.8. The maximum Gasteiger partial charge on any atom is 0.240 e. The molecule has 16 heavy (non-hydrogen) atoms. The molecule has 0 aliphatic heterocycles. The van der Waals surface area contributed by atoms with Gasteiger partial charge in [-0.25, -0.2) is 17.5 Å². The molecule has 1 aromatic carbocycles. The number of ether oxygens (including phenoxy) is 1. The molecule has 90 valence electrons. The quantitative estimate of drug-likeness (QED) is 0.581. The number of hydrogen-bond donors (Lipinski definition) is 2. The van der Waals surface area contributed by atoms with Crippen molar-refractivity contribution in [2.75, 3.05) is 26.0 Å². The zero-order valence-corrected chi connectivity index (χ0v) is 9.55. The Hall–Kier alpha value is -1.18. The van der Waals surface area contributed by atoms with E-state index in [1.165, 1.54) is 7.11 Å². The Morgan fingerprint density at radius 3 is 2.75 bits per heavy atom. The van der Waals surface area contributed by atoms with Gasteiger partial charge in [0.15, 0.2) is 0 Å². The molecular formula is C9H13FN2O3S. The molecular weight excluding hydrogens is 235 g/mol. The van der Waals surface area contributed by atoms with Crippen molar-refractivity contribution in [3.63, 3.8) is 0 Å². The van der Waals surface area contributed by atoms with Crippen molar-refractivity contribution >= 4 is 15.7 Å². The molecule has 0 aromatic heterocycles. The molecule has 0 aliphatic rings. The molecule has 1 aromatic rings. The number of nitrogens with two attached hydrogens (primary N) is 1. The van der Waals surface area contributed by atoms with E-state index in [0.29, 0.717) is 0 Å². The van der Waals surface area contributed by atoms with Crippen molar-refractivity contribution in [3.05, 3.63) is 24.0 Å². The van der Waals surface area contributed by atoms with Crippen LogP contribution in [0.15, 0.2) is 23.1 Å². The van der Waals surface area contributed by atoms with Crippen LogP contribution in [0.1, 0.15) is 0 Å². The van der Waals surface area contributed by atoms with Crippen LogP contribution in [0.3, 0.4) is 0 Å². The highest BCUT2D eigenvalue weighted by molar-refractivity contribution is 7.89. The van der Waals surface area contributed by atoms with E-state index in [1.54, 1.807) is 0 Å². The largest absolute Gasteiger partial charge is 0.396 e. The molecule has 0 aliphatic carbocycles. The molecule has 1 rings (SSSR count). The zero-order valence-electron chi connectivity index (χ0n) is 8.73. The molecule has 0 fully saturated rings. The number of sulfonamides is 1. The Labute approximate surface area is 93.5 Å². The van der Waals surface area contributed by atoms with Crippen molar-refractivity contribution in [3.8, 4) is 0 Å². The van der Waals surface area contributed by atoms with Crippen molar-refractivity contribution in [2.45, 2.75) is 4.90 Å². The molecule has 3 N–H and O–H groups in total. The molecule has 7 heteroatoms. The van der Waals surface area contributed by atoms with E-state index >= 15 is 0 Å². The van der Waals surface area contributed by atoms with Gasteiger partial charge in [-0.05, 0) is 18.2 Å². The first kappa shape index (κ1) is 12.9. The summed E-state index contributed by atoms with van der Waals surface area (Å²) < 4.78 is 43.1. The molecule has 5 nitrogen and oxygen atoms in total. The number of anilines is 1. The van der Waals surface area contributed by atoms with Gasteiger partial charge in [-0.15, -0.1) is 0 Å². The third-order valence-electron chi connectivity index (χ3n) is 1.88. The normalized spacial score (nSPS) is 11.6. The average molecular weight is 248 g/mol. The van der Waals surface area contributed by atoms with E-state index < -0.39 is 15.8 Å². The zero-order chi connectivity index (χ0) is 12.2. The summed E-state index contributed by atoms with van der Waals surface area (Å²) in [7, 11) is -2.19. The summed E-state index contributed by atoms with van der Waals surface area (Å²) in [4.78, 5) is -0.0671. The Bertz CT molecular complexity index is 462. The van der Waals surface area contributed by atoms with E-state index in [4.69, 9.17) is 10.5 Å². The summed E-state index contributed by atoms with van der Waals surface area (Å²) in [5.41, 5.74) is 5.08. The average Bonchev–Trinajstić information content (AvgIpc) is 2.22. The van der Waals surface area contributed by atoms with Gasteiger partial charge in [0, 0.05) is 13.7 Å². The van der Waals surface area contributed by atoms with Gasteiger partial charge in [-0.2, -0.15) is 0 Å². The molecule has 0 saturated carbocycles. The van der Waals surface area contributed by atoms with Crippen LogP contribution in [0.2, 0.25) is 0 Å². The second-order valence-electron chi connectivity index (χ2n) is 3.07. The lowest BCUT2D eigenvalue weighted by molar-refractivity contribution is 0.204. The summed E-state index contributed by atoms with van der Waals surface area (Å²) >= 11 is 0. The Morgan fingerprint density at radius 1 is 1.50 bits per heavy atom. The summed E-state index contributed by atoms with van der Waals surface area (Å²) in [6.07, 6.45) is 0. The van der Waals surface area contributed by atoms with E-state index in [9.17, 15) is 12.8 Å². The van der Waals surface area contributed by atoms with Crippen LogP contribution in [0.25, 0.3) is 0 Å². The first-order valence-corrected chi connectivity index (χ1v) is 5.99. The number of nitrogen functional groups attached to an aromatic ring is 1. The van der Waals surface area contributed by atoms with Crippen molar-refractivity contribution in [2.24, 2.45) is 0 Å². The van der Waals surface area contributed by atoms with Gasteiger partial charge in [0.25, 0.3) is 0 Å². The lowest BCUT2D eigenvalue weighted by atomic mass is 10.3. The molecule has 0 unspecified atom stereocenters. The summed E-state index contributed by atoms with van der Waals surface area (Å²) in [6.45, 7) is 0.409. The van der Waals surface area contributed by atoms with E-state index in [1.807, 2.05) is 0 Å². The Kier molecular flexibility index (Phi) is 4.22. The molecule has 0 radical (unpaired) electrons. The molecule has 0 amide bonds. The van der Waals surface area contributed by atoms with Crippen LogP contribution in [-0.2, 0) is 14.8 Å². The van der Waals surface area contributed by atoms with Gasteiger partial charge in [-0.3, -0.25) is 0 Å². The third kappa shape index (κ3) is 3.16. The topological polar surface area (TPSA) is 81.4 Å². The second kappa shape index (κ2) is 5.24. The highest BCUT2D eigenvalue weighted by Crippen LogP contribution is 2.16. The van der Waals surface area contributed by atoms with Gasteiger partial charge >= 0.3 is 0 Å². The third-order valence-corrected chi connectivity index (χ3v) is 3.33. The molecule has 0 atom stereocenters. The summed E-state index contributed by atoms with van der Waals surface area (Å²) in [5, 5.41) is 0. The smallest absolute Gasteiger partial charge is 0.240 e. The summed E-state index contributed by atoms with van der Waals surface area (Å²) in [5.74, 6) is -0.643. The standard InChI is InChI=1S/C9H13FN2O3S/c1-15-5-4-12-16(13,14)7-2-3-8(10)9(11)6-7/h2-3,6,12H,4-5,11H2,1H3. The van der Waals surface area contributed by atoms with Crippen molar-refractivity contribution < 1.29 is 17.5 Å². The first-order valence-electron chi connectivity index (χ1n) is 4.51. The van der Waals surface area contributed by atoms with Crippen LogP contribution in [0, 0.1) is 5.82 Å². The van der Waals surface area contributed by atoms with E-state index in [2.05, 4.69) is 4.72 Å². The minimum atomic E-state index is -3.65. The first-order chi connectivity index (χ1) is 7.47. The van der Waals surface area contributed by atoms with E-state index in [-0.39, 0.29) is 23.7 Å². The van der Waals surface area contributed by atoms with Crippen LogP contribution < -0.4 is 10.5 Å². The van der Waals surface area contributed by atoms with Gasteiger partial charge < -0.3 is 10.5 Å². The summed E-state index contributed by atoms with van der Waals surface area (Å²) in [6, 6.07) is 3.24. The van der Waals surface area contributed by atoms with E-state index in [0.717, 1.165) is 18.2 Å². The molecule has 0 heterocycles. The predicted molar refractivity (Wildman–Crippen MR) is 57.9 cm³/mol. The van der Waals surface area contributed by atoms with Crippen molar-refractivity contribution in [1.82, 2.24) is 4.72 Å². The lowest BCUT2D eigenvalue weighted by Crippen LogP contribution is -2.27. The Morgan fingerprint density at radius 2 is 2.19 bits per heavy atom. The molecule has 0 saturated heterocycles. The van der Waals surface area contributed by atoms with Gasteiger partial charge in [-0.1, -0.05) is 0 Å². The molecule has 0 spiro atoms. The fourth-order valence-electron chi connectivity index (χ4n) is 1.05. The van der Waals surface area contributed by atoms with Gasteiger partial charge in [0.1, 0.15) is 5.82 Å². The minimum absolute atomic E-state index is 0.0671. The number of halogens is 1. The number of hydrogen-bond acceptors (Lipinski definition) is 4. The lowest BCUT2D eigenvalue weighted by Gasteiger charge is -2.07. The Balaban J connectivity index is 2.86. The fraction of sp³-hybridized carbons (Fsp3) is 0.333. The van der Waals surface area contributed by atoms with Crippen LogP contribution >= 0.6 is 0 Å². The van der Waals surface area contributed by atoms with Crippen LogP contribution in [-0.4, -0.2) is 28.7 Å². The fourth-order valence-corrected chi connectivity index (χ4v) is 2.10.